The summed E-state index contributed by atoms with van der Waals surface area (Å²) in [7, 11) is 1.88. The predicted octanol–water partition coefficient (Wildman–Crippen LogP) is 2.54. The zero-order valence-electron chi connectivity index (χ0n) is 11.1. The second-order valence-electron chi connectivity index (χ2n) is 5.25. The molecule has 1 aliphatic rings. The fourth-order valence-electron chi connectivity index (χ4n) is 2.55. The predicted molar refractivity (Wildman–Crippen MR) is 68.2 cm³/mol. The van der Waals surface area contributed by atoms with Crippen LogP contribution in [0.4, 0.5) is 13.2 Å². The van der Waals surface area contributed by atoms with Crippen LogP contribution in [-0.4, -0.2) is 31.6 Å². The van der Waals surface area contributed by atoms with Crippen molar-refractivity contribution in [2.45, 2.75) is 19.4 Å². The van der Waals surface area contributed by atoms with Gasteiger partial charge in [0.2, 0.25) is 0 Å². The van der Waals surface area contributed by atoms with E-state index in [1.807, 2.05) is 11.9 Å². The van der Waals surface area contributed by atoms with E-state index in [1.165, 1.54) is 0 Å². The SMILES string of the molecule is CN(Cc1cc(F)c(F)cc1F)CC1CCNCC1. The molecule has 1 fully saturated rings. The van der Waals surface area contributed by atoms with Gasteiger partial charge in [0, 0.05) is 24.7 Å². The molecule has 0 aliphatic carbocycles. The van der Waals surface area contributed by atoms with Gasteiger partial charge in [0.05, 0.1) is 0 Å². The number of nitrogens with zero attached hydrogens (tertiary/aromatic N) is 1. The summed E-state index contributed by atoms with van der Waals surface area (Å²) < 4.78 is 39.5. The van der Waals surface area contributed by atoms with Crippen LogP contribution in [0.3, 0.4) is 0 Å². The zero-order chi connectivity index (χ0) is 13.8. The first-order chi connectivity index (χ1) is 9.06. The third-order valence-corrected chi connectivity index (χ3v) is 3.56. The minimum Gasteiger partial charge on any atom is -0.317 e. The number of piperidine rings is 1. The Balaban J connectivity index is 1.94. The smallest absolute Gasteiger partial charge is 0.161 e. The lowest BCUT2D eigenvalue weighted by Crippen LogP contribution is -2.34. The Morgan fingerprint density at radius 3 is 2.42 bits per heavy atom. The van der Waals surface area contributed by atoms with Crippen molar-refractivity contribution in [1.82, 2.24) is 10.2 Å². The molecule has 1 N–H and O–H groups in total. The number of benzene rings is 1. The highest BCUT2D eigenvalue weighted by molar-refractivity contribution is 5.19. The summed E-state index contributed by atoms with van der Waals surface area (Å²) in [5.74, 6) is -2.23. The van der Waals surface area contributed by atoms with Crippen LogP contribution >= 0.6 is 0 Å². The van der Waals surface area contributed by atoms with Crippen molar-refractivity contribution in [3.8, 4) is 0 Å². The summed E-state index contributed by atoms with van der Waals surface area (Å²) in [5, 5.41) is 3.29. The molecule has 0 radical (unpaired) electrons. The average molecular weight is 272 g/mol. The van der Waals surface area contributed by atoms with Crippen molar-refractivity contribution in [3.63, 3.8) is 0 Å². The van der Waals surface area contributed by atoms with E-state index < -0.39 is 17.5 Å². The molecule has 19 heavy (non-hydrogen) atoms. The summed E-state index contributed by atoms with van der Waals surface area (Å²) in [4.78, 5) is 1.96. The van der Waals surface area contributed by atoms with Gasteiger partial charge in [-0.25, -0.2) is 13.2 Å². The highest BCUT2D eigenvalue weighted by Gasteiger charge is 2.17. The van der Waals surface area contributed by atoms with Gasteiger partial charge in [-0.2, -0.15) is 0 Å². The minimum absolute atomic E-state index is 0.204. The lowest BCUT2D eigenvalue weighted by molar-refractivity contribution is 0.232. The van der Waals surface area contributed by atoms with E-state index in [4.69, 9.17) is 0 Å². The van der Waals surface area contributed by atoms with Crippen molar-refractivity contribution in [1.29, 1.82) is 0 Å². The van der Waals surface area contributed by atoms with Crippen LogP contribution in [0.1, 0.15) is 18.4 Å². The largest absolute Gasteiger partial charge is 0.317 e. The average Bonchev–Trinajstić information content (AvgIpc) is 2.37. The van der Waals surface area contributed by atoms with Crippen LogP contribution in [0, 0.1) is 23.4 Å². The quantitative estimate of drug-likeness (QED) is 0.847. The molecule has 1 aromatic carbocycles. The van der Waals surface area contributed by atoms with Crippen LogP contribution in [0.5, 0.6) is 0 Å². The van der Waals surface area contributed by atoms with Crippen molar-refractivity contribution < 1.29 is 13.2 Å². The van der Waals surface area contributed by atoms with Crippen molar-refractivity contribution >= 4 is 0 Å². The number of hydrogen-bond acceptors (Lipinski definition) is 2. The molecule has 106 valence electrons. The number of halogens is 3. The molecule has 0 bridgehead atoms. The first-order valence-corrected chi connectivity index (χ1v) is 6.59. The van der Waals surface area contributed by atoms with Gasteiger partial charge >= 0.3 is 0 Å². The lowest BCUT2D eigenvalue weighted by atomic mass is 9.97. The monoisotopic (exact) mass is 272 g/mol. The summed E-state index contributed by atoms with van der Waals surface area (Å²) in [5.41, 5.74) is 0.204. The molecular weight excluding hydrogens is 253 g/mol. The molecule has 2 nitrogen and oxygen atoms in total. The molecule has 0 spiro atoms. The Bertz CT molecular complexity index is 431. The fourth-order valence-corrected chi connectivity index (χ4v) is 2.55. The van der Waals surface area contributed by atoms with Crippen molar-refractivity contribution in [2.24, 2.45) is 5.92 Å². The first kappa shape index (κ1) is 14.3. The number of hydrogen-bond donors (Lipinski definition) is 1. The Labute approximate surface area is 111 Å². The molecule has 0 unspecified atom stereocenters. The Hall–Kier alpha value is -1.07. The molecule has 0 aromatic heterocycles. The maximum absolute atomic E-state index is 13.5. The standard InChI is InChI=1S/C14H19F3N2/c1-19(8-10-2-4-18-5-3-10)9-11-6-13(16)14(17)7-12(11)15/h6-7,10,18H,2-5,8-9H2,1H3. The normalized spacial score (nSPS) is 17.1. The van der Waals surface area contributed by atoms with Gasteiger partial charge in [-0.3, -0.25) is 0 Å². The van der Waals surface area contributed by atoms with Crippen LogP contribution in [0.2, 0.25) is 0 Å². The lowest BCUT2D eigenvalue weighted by Gasteiger charge is -2.27. The molecular formula is C14H19F3N2. The Morgan fingerprint density at radius 2 is 1.74 bits per heavy atom. The van der Waals surface area contributed by atoms with Crippen molar-refractivity contribution in [3.05, 3.63) is 35.1 Å². The Kier molecular flexibility index (Phi) is 4.82. The van der Waals surface area contributed by atoms with Crippen LogP contribution in [-0.2, 0) is 6.54 Å². The van der Waals surface area contributed by atoms with Gasteiger partial charge in [0.15, 0.2) is 11.6 Å². The van der Waals surface area contributed by atoms with Gasteiger partial charge < -0.3 is 10.2 Å². The summed E-state index contributed by atoms with van der Waals surface area (Å²) in [6.07, 6.45) is 2.20. The van der Waals surface area contributed by atoms with E-state index >= 15 is 0 Å². The topological polar surface area (TPSA) is 15.3 Å². The maximum atomic E-state index is 13.5. The zero-order valence-corrected chi connectivity index (χ0v) is 11.1. The van der Waals surface area contributed by atoms with Crippen molar-refractivity contribution in [2.75, 3.05) is 26.7 Å². The van der Waals surface area contributed by atoms with Gasteiger partial charge in [-0.15, -0.1) is 0 Å². The molecule has 0 saturated carbocycles. The van der Waals surface area contributed by atoms with Gasteiger partial charge in [0.1, 0.15) is 5.82 Å². The third kappa shape index (κ3) is 3.94. The second kappa shape index (κ2) is 6.39. The van der Waals surface area contributed by atoms with E-state index in [0.29, 0.717) is 18.5 Å². The number of nitrogens with one attached hydrogen (secondary N) is 1. The summed E-state index contributed by atoms with van der Waals surface area (Å²) in [6, 6.07) is 1.56. The summed E-state index contributed by atoms with van der Waals surface area (Å²) >= 11 is 0. The highest BCUT2D eigenvalue weighted by atomic mass is 19.2. The van der Waals surface area contributed by atoms with Gasteiger partial charge in [0.25, 0.3) is 0 Å². The minimum atomic E-state index is -1.14. The van der Waals surface area contributed by atoms with E-state index in [1.54, 1.807) is 0 Å². The van der Waals surface area contributed by atoms with E-state index in [2.05, 4.69) is 5.32 Å². The molecule has 1 saturated heterocycles. The highest BCUT2D eigenvalue weighted by Crippen LogP contribution is 2.17. The first-order valence-electron chi connectivity index (χ1n) is 6.59. The van der Waals surface area contributed by atoms with Crippen LogP contribution < -0.4 is 5.32 Å². The van der Waals surface area contributed by atoms with E-state index in [-0.39, 0.29) is 5.56 Å². The number of rotatable bonds is 4. The fraction of sp³-hybridized carbons (Fsp3) is 0.571. The van der Waals surface area contributed by atoms with Crippen LogP contribution in [0.25, 0.3) is 0 Å². The van der Waals surface area contributed by atoms with Crippen LogP contribution in [0.15, 0.2) is 12.1 Å². The third-order valence-electron chi connectivity index (χ3n) is 3.56. The summed E-state index contributed by atoms with van der Waals surface area (Å²) in [6.45, 7) is 3.17. The Morgan fingerprint density at radius 1 is 1.11 bits per heavy atom. The molecule has 1 heterocycles. The second-order valence-corrected chi connectivity index (χ2v) is 5.25. The molecule has 0 atom stereocenters. The molecule has 1 aliphatic heterocycles. The van der Waals surface area contributed by atoms with E-state index in [0.717, 1.165) is 38.5 Å². The molecule has 0 amide bonds. The molecule has 1 aromatic rings. The van der Waals surface area contributed by atoms with Gasteiger partial charge in [-0.05, 0) is 45.0 Å². The van der Waals surface area contributed by atoms with E-state index in [9.17, 15) is 13.2 Å². The van der Waals surface area contributed by atoms with Gasteiger partial charge in [-0.1, -0.05) is 0 Å². The molecule has 5 heteroatoms. The maximum Gasteiger partial charge on any atom is 0.161 e. The molecule has 2 rings (SSSR count).